The van der Waals surface area contributed by atoms with Crippen LogP contribution in [0.15, 0.2) is 24.3 Å². The number of aliphatic hydroxyl groups excluding tert-OH is 2. The molecule has 6 nitrogen and oxygen atoms in total. The first-order chi connectivity index (χ1) is 41.0. The van der Waals surface area contributed by atoms with Crippen LogP contribution >= 0.6 is 0 Å². The average molecular weight is 1170 g/mol. The zero-order valence-electron chi connectivity index (χ0n) is 56.5. The van der Waals surface area contributed by atoms with E-state index in [1.54, 1.807) is 0 Å². The largest absolute Gasteiger partial charge is 0.466 e. The first kappa shape index (κ1) is 81.3. The van der Waals surface area contributed by atoms with Crippen LogP contribution in [0.3, 0.4) is 0 Å². The second-order valence-corrected chi connectivity index (χ2v) is 26.3. The molecule has 0 spiro atoms. The van der Waals surface area contributed by atoms with Crippen molar-refractivity contribution in [2.24, 2.45) is 0 Å². The van der Waals surface area contributed by atoms with Crippen molar-refractivity contribution in [1.29, 1.82) is 0 Å². The summed E-state index contributed by atoms with van der Waals surface area (Å²) in [5, 5.41) is 23.3. The maximum Gasteiger partial charge on any atom is 0.305 e. The van der Waals surface area contributed by atoms with Crippen molar-refractivity contribution in [2.75, 3.05) is 13.2 Å². The highest BCUT2D eigenvalue weighted by atomic mass is 16.5. The van der Waals surface area contributed by atoms with Gasteiger partial charge in [0.05, 0.1) is 25.4 Å². The lowest BCUT2D eigenvalue weighted by atomic mass is 10.0. The molecule has 6 heteroatoms. The predicted octanol–water partition coefficient (Wildman–Crippen LogP) is 24.9. The van der Waals surface area contributed by atoms with Gasteiger partial charge in [0, 0.05) is 12.8 Å². The minimum atomic E-state index is -0.662. The van der Waals surface area contributed by atoms with Gasteiger partial charge in [-0.25, -0.2) is 0 Å². The Hall–Kier alpha value is -1.66. The molecular formula is C77H149NO5. The molecule has 0 heterocycles. The standard InChI is InChI=1S/C77H149NO5/c1-3-5-7-9-11-13-15-17-19-43-47-51-55-59-63-67-71-77(82)83-72-68-64-60-56-52-48-44-40-38-36-34-32-30-28-26-24-22-20-21-23-25-27-29-31-33-35-37-39-42-46-50-54-58-62-66-70-76(81)78-74(73-79)75(80)69-65-61-57-53-49-45-41-18-16-14-12-10-8-6-4-2/h22,24,28,30,74-75,79-80H,3-21,23,25-27,29,31-73H2,1-2H3,(H,78,81)/b24-22-,30-28-. The molecule has 0 radical (unpaired) electrons. The average Bonchev–Trinajstić information content (AvgIpc) is 3.49. The van der Waals surface area contributed by atoms with E-state index in [1.807, 2.05) is 0 Å². The lowest BCUT2D eigenvalue weighted by Crippen LogP contribution is -2.45. The first-order valence-electron chi connectivity index (χ1n) is 38.1. The van der Waals surface area contributed by atoms with E-state index >= 15 is 0 Å². The highest BCUT2D eigenvalue weighted by Gasteiger charge is 2.20. The number of carbonyl (C=O) groups excluding carboxylic acids is 2. The Morgan fingerprint density at radius 3 is 0.916 bits per heavy atom. The number of hydrogen-bond donors (Lipinski definition) is 3. The predicted molar refractivity (Wildman–Crippen MR) is 366 cm³/mol. The van der Waals surface area contributed by atoms with Crippen LogP contribution in [0, 0.1) is 0 Å². The van der Waals surface area contributed by atoms with E-state index in [0.29, 0.717) is 25.9 Å². The molecule has 0 aromatic heterocycles. The Morgan fingerprint density at radius 1 is 0.337 bits per heavy atom. The van der Waals surface area contributed by atoms with E-state index in [1.165, 1.54) is 353 Å². The summed E-state index contributed by atoms with van der Waals surface area (Å²) in [6.45, 7) is 5.00. The van der Waals surface area contributed by atoms with Gasteiger partial charge >= 0.3 is 5.97 Å². The normalized spacial score (nSPS) is 12.6. The Balaban J connectivity index is 3.35. The highest BCUT2D eigenvalue weighted by molar-refractivity contribution is 5.76. The third-order valence-electron chi connectivity index (χ3n) is 18.0. The molecule has 83 heavy (non-hydrogen) atoms. The summed E-state index contributed by atoms with van der Waals surface area (Å²) in [5.41, 5.74) is 0. The van der Waals surface area contributed by atoms with Gasteiger partial charge in [-0.1, -0.05) is 385 Å². The van der Waals surface area contributed by atoms with Gasteiger partial charge in [-0.2, -0.15) is 0 Å². The monoisotopic (exact) mass is 1170 g/mol. The first-order valence-corrected chi connectivity index (χ1v) is 38.1. The molecule has 0 bridgehead atoms. The molecule has 0 saturated carbocycles. The number of esters is 1. The maximum atomic E-state index is 12.5. The quantitative estimate of drug-likeness (QED) is 0.0320. The van der Waals surface area contributed by atoms with Gasteiger partial charge in [-0.05, 0) is 57.8 Å². The molecule has 0 saturated heterocycles. The van der Waals surface area contributed by atoms with Crippen LogP contribution in [-0.4, -0.2) is 47.4 Å². The topological polar surface area (TPSA) is 95.9 Å². The molecule has 0 fully saturated rings. The number of unbranched alkanes of at least 4 members (excludes halogenated alkanes) is 57. The zero-order chi connectivity index (χ0) is 59.9. The van der Waals surface area contributed by atoms with E-state index in [2.05, 4.69) is 43.5 Å². The van der Waals surface area contributed by atoms with Gasteiger partial charge in [0.25, 0.3) is 0 Å². The number of nitrogens with one attached hydrogen (secondary N) is 1. The summed E-state index contributed by atoms with van der Waals surface area (Å²) in [7, 11) is 0. The van der Waals surface area contributed by atoms with Gasteiger partial charge in [0.1, 0.15) is 0 Å². The third-order valence-corrected chi connectivity index (χ3v) is 18.0. The van der Waals surface area contributed by atoms with Crippen molar-refractivity contribution in [2.45, 2.75) is 443 Å². The van der Waals surface area contributed by atoms with E-state index in [9.17, 15) is 19.8 Å². The molecule has 0 aliphatic heterocycles. The van der Waals surface area contributed by atoms with Crippen molar-refractivity contribution >= 4 is 11.9 Å². The summed E-state index contributed by atoms with van der Waals surface area (Å²) in [6, 6.07) is -0.539. The van der Waals surface area contributed by atoms with Gasteiger partial charge < -0.3 is 20.3 Å². The Morgan fingerprint density at radius 2 is 0.602 bits per heavy atom. The van der Waals surface area contributed by atoms with Crippen molar-refractivity contribution in [3.8, 4) is 0 Å². The summed E-state index contributed by atoms with van der Waals surface area (Å²) < 4.78 is 5.51. The van der Waals surface area contributed by atoms with Crippen LogP contribution in [0.1, 0.15) is 431 Å². The summed E-state index contributed by atoms with van der Waals surface area (Å²) in [5.74, 6) is -0.00822. The summed E-state index contributed by atoms with van der Waals surface area (Å²) in [4.78, 5) is 24.6. The van der Waals surface area contributed by atoms with E-state index < -0.39 is 12.1 Å². The van der Waals surface area contributed by atoms with Crippen LogP contribution in [0.2, 0.25) is 0 Å². The zero-order valence-corrected chi connectivity index (χ0v) is 56.5. The summed E-state index contributed by atoms with van der Waals surface area (Å²) in [6.07, 6.45) is 92.6. The Labute approximate surface area is 520 Å². The van der Waals surface area contributed by atoms with E-state index in [-0.39, 0.29) is 18.5 Å². The molecule has 492 valence electrons. The lowest BCUT2D eigenvalue weighted by molar-refractivity contribution is -0.143. The van der Waals surface area contributed by atoms with E-state index in [4.69, 9.17) is 4.74 Å². The molecule has 0 rings (SSSR count). The molecule has 1 amide bonds. The minimum absolute atomic E-state index is 0.0211. The second-order valence-electron chi connectivity index (χ2n) is 26.3. The molecule has 3 N–H and O–H groups in total. The van der Waals surface area contributed by atoms with Crippen LogP contribution in [0.5, 0.6) is 0 Å². The fraction of sp³-hybridized carbons (Fsp3) is 0.922. The number of rotatable bonds is 72. The molecule has 0 aromatic carbocycles. The second kappa shape index (κ2) is 72.8. The van der Waals surface area contributed by atoms with Crippen LogP contribution in [0.25, 0.3) is 0 Å². The molecule has 2 unspecified atom stereocenters. The number of amides is 1. The van der Waals surface area contributed by atoms with Crippen molar-refractivity contribution < 1.29 is 24.5 Å². The number of hydrogen-bond acceptors (Lipinski definition) is 5. The van der Waals surface area contributed by atoms with Gasteiger partial charge in [-0.3, -0.25) is 9.59 Å². The number of ether oxygens (including phenoxy) is 1. The minimum Gasteiger partial charge on any atom is -0.466 e. The highest BCUT2D eigenvalue weighted by Crippen LogP contribution is 2.20. The molecule has 2 atom stereocenters. The third kappa shape index (κ3) is 69.3. The Kier molecular flexibility index (Phi) is 71.4. The molecule has 0 aliphatic carbocycles. The van der Waals surface area contributed by atoms with Crippen molar-refractivity contribution in [3.63, 3.8) is 0 Å². The van der Waals surface area contributed by atoms with Crippen LogP contribution in [0.4, 0.5) is 0 Å². The molecule has 0 aromatic rings. The van der Waals surface area contributed by atoms with Crippen LogP contribution in [-0.2, 0) is 14.3 Å². The SMILES string of the molecule is CCCCCCCCCCCCCCCCCCC(=O)OCCCCCCCCCCCCC/C=C\C/C=C\CCCCCCCCCCCCCCCCCCCC(=O)NC(CO)C(O)CCCCCCCCCCCCCCCCC. The van der Waals surface area contributed by atoms with E-state index in [0.717, 1.165) is 44.9 Å². The summed E-state index contributed by atoms with van der Waals surface area (Å²) >= 11 is 0. The smallest absolute Gasteiger partial charge is 0.305 e. The van der Waals surface area contributed by atoms with Crippen molar-refractivity contribution in [1.82, 2.24) is 5.32 Å². The number of carbonyl (C=O) groups is 2. The Bertz CT molecular complexity index is 1300. The van der Waals surface area contributed by atoms with Crippen LogP contribution < -0.4 is 5.32 Å². The number of aliphatic hydroxyl groups is 2. The number of allylic oxidation sites excluding steroid dienone is 4. The van der Waals surface area contributed by atoms with Gasteiger partial charge in [-0.15, -0.1) is 0 Å². The van der Waals surface area contributed by atoms with Gasteiger partial charge in [0.2, 0.25) is 5.91 Å². The molecular weight excluding hydrogens is 1020 g/mol. The molecule has 0 aliphatic rings. The van der Waals surface area contributed by atoms with Crippen molar-refractivity contribution in [3.05, 3.63) is 24.3 Å². The fourth-order valence-corrected chi connectivity index (χ4v) is 12.2. The lowest BCUT2D eigenvalue weighted by Gasteiger charge is -2.22. The maximum absolute atomic E-state index is 12.5. The van der Waals surface area contributed by atoms with Gasteiger partial charge in [0.15, 0.2) is 0 Å². The fourth-order valence-electron chi connectivity index (χ4n) is 12.2.